The predicted octanol–water partition coefficient (Wildman–Crippen LogP) is 2.66. The van der Waals surface area contributed by atoms with Crippen LogP contribution in [0.5, 0.6) is 0 Å². The molecule has 142 valence electrons. The first-order valence-electron chi connectivity index (χ1n) is 8.83. The van der Waals surface area contributed by atoms with Crippen molar-refractivity contribution in [1.82, 2.24) is 4.90 Å². The predicted molar refractivity (Wildman–Crippen MR) is 104 cm³/mol. The van der Waals surface area contributed by atoms with Gasteiger partial charge in [0.2, 0.25) is 15.9 Å². The van der Waals surface area contributed by atoms with E-state index >= 15 is 0 Å². The van der Waals surface area contributed by atoms with E-state index in [0.29, 0.717) is 18.7 Å². The van der Waals surface area contributed by atoms with E-state index < -0.39 is 21.8 Å². The highest BCUT2D eigenvalue weighted by Crippen LogP contribution is 2.28. The van der Waals surface area contributed by atoms with Crippen LogP contribution < -0.4 is 4.31 Å². The van der Waals surface area contributed by atoms with E-state index in [1.807, 2.05) is 37.3 Å². The van der Waals surface area contributed by atoms with Crippen LogP contribution in [-0.2, 0) is 21.4 Å². The second-order valence-electron chi connectivity index (χ2n) is 6.63. The Kier molecular flexibility index (Phi) is 5.32. The lowest BCUT2D eigenvalue weighted by Gasteiger charge is -2.22. The van der Waals surface area contributed by atoms with Crippen LogP contribution in [0.3, 0.4) is 0 Å². The zero-order valence-corrected chi connectivity index (χ0v) is 16.1. The lowest BCUT2D eigenvalue weighted by atomic mass is 10.1. The van der Waals surface area contributed by atoms with Gasteiger partial charge in [0.25, 0.3) is 5.91 Å². The molecule has 2 aromatic rings. The summed E-state index contributed by atoms with van der Waals surface area (Å²) < 4.78 is 25.2. The van der Waals surface area contributed by atoms with Crippen LogP contribution >= 0.6 is 0 Å². The molecule has 0 saturated carbocycles. The zero-order chi connectivity index (χ0) is 19.6. The molecule has 1 saturated heterocycles. The van der Waals surface area contributed by atoms with Gasteiger partial charge in [-0.25, -0.2) is 12.7 Å². The van der Waals surface area contributed by atoms with E-state index in [4.69, 9.17) is 0 Å². The maximum absolute atomic E-state index is 12.8. The molecule has 2 aromatic carbocycles. The second kappa shape index (κ2) is 7.52. The van der Waals surface area contributed by atoms with Crippen molar-refractivity contribution in [3.05, 3.63) is 65.7 Å². The van der Waals surface area contributed by atoms with Crippen LogP contribution in [0.1, 0.15) is 29.8 Å². The Morgan fingerprint density at radius 1 is 1.11 bits per heavy atom. The van der Waals surface area contributed by atoms with E-state index in [9.17, 15) is 18.0 Å². The van der Waals surface area contributed by atoms with E-state index in [1.165, 1.54) is 12.1 Å². The molecular weight excluding hydrogens is 364 g/mol. The normalized spacial score (nSPS) is 18.5. The van der Waals surface area contributed by atoms with Crippen molar-refractivity contribution in [2.45, 2.75) is 20.4 Å². The minimum absolute atomic E-state index is 0.142. The maximum Gasteiger partial charge on any atom is 0.254 e. The molecule has 0 aliphatic carbocycles. The Balaban J connectivity index is 1.80. The first-order chi connectivity index (χ1) is 12.8. The number of benzene rings is 2. The number of rotatable bonds is 5. The van der Waals surface area contributed by atoms with Crippen LogP contribution in [0.2, 0.25) is 0 Å². The molecule has 1 aliphatic heterocycles. The van der Waals surface area contributed by atoms with Gasteiger partial charge in [-0.15, -0.1) is 0 Å². The standard InChI is InChI=1S/C20H22N2O4S/c1-3-21(13-16-7-5-4-6-8-16)20(24)17-9-11-18(12-10-17)22-19(23)15(2)14-27(22,25)26/h4-12,15H,3,13-14H2,1-2H3/t15-/m0/s1. The molecule has 1 fully saturated rings. The molecule has 1 atom stereocenters. The molecule has 2 amide bonds. The number of nitrogens with zero attached hydrogens (tertiary/aromatic N) is 2. The molecule has 1 heterocycles. The third kappa shape index (κ3) is 3.88. The van der Waals surface area contributed by atoms with Crippen molar-refractivity contribution in [3.8, 4) is 0 Å². The van der Waals surface area contributed by atoms with Crippen molar-refractivity contribution >= 4 is 27.5 Å². The van der Waals surface area contributed by atoms with Gasteiger partial charge < -0.3 is 4.90 Å². The van der Waals surface area contributed by atoms with Crippen molar-refractivity contribution in [2.75, 3.05) is 16.6 Å². The average Bonchev–Trinajstić information content (AvgIpc) is 2.87. The SMILES string of the molecule is CCN(Cc1ccccc1)C(=O)c1ccc(N2C(=O)[C@@H](C)CS2(=O)=O)cc1. The van der Waals surface area contributed by atoms with E-state index in [-0.39, 0.29) is 17.3 Å². The van der Waals surface area contributed by atoms with Crippen LogP contribution in [0.15, 0.2) is 54.6 Å². The minimum atomic E-state index is -3.64. The Labute approximate surface area is 159 Å². The Morgan fingerprint density at radius 2 is 1.74 bits per heavy atom. The molecule has 27 heavy (non-hydrogen) atoms. The first kappa shape index (κ1) is 19.1. The molecular formula is C20H22N2O4S. The van der Waals surface area contributed by atoms with Crippen molar-refractivity contribution in [1.29, 1.82) is 0 Å². The molecule has 0 radical (unpaired) electrons. The number of carbonyl (C=O) groups is 2. The summed E-state index contributed by atoms with van der Waals surface area (Å²) in [6.45, 7) is 4.55. The Morgan fingerprint density at radius 3 is 2.26 bits per heavy atom. The highest BCUT2D eigenvalue weighted by Gasteiger charge is 2.41. The maximum atomic E-state index is 12.8. The van der Waals surface area contributed by atoms with E-state index in [0.717, 1.165) is 9.87 Å². The van der Waals surface area contributed by atoms with Gasteiger partial charge in [-0.2, -0.15) is 0 Å². The number of hydrogen-bond acceptors (Lipinski definition) is 4. The molecule has 0 bridgehead atoms. The second-order valence-corrected chi connectivity index (χ2v) is 8.50. The summed E-state index contributed by atoms with van der Waals surface area (Å²) in [6, 6.07) is 15.9. The summed E-state index contributed by atoms with van der Waals surface area (Å²) in [7, 11) is -3.64. The Hall–Kier alpha value is -2.67. The van der Waals surface area contributed by atoms with Gasteiger partial charge in [-0.05, 0) is 36.8 Å². The monoisotopic (exact) mass is 386 g/mol. The van der Waals surface area contributed by atoms with E-state index in [2.05, 4.69) is 0 Å². The van der Waals surface area contributed by atoms with Crippen molar-refractivity contribution in [2.24, 2.45) is 5.92 Å². The Bertz CT molecular complexity index is 940. The molecule has 6 nitrogen and oxygen atoms in total. The molecule has 3 rings (SSSR count). The summed E-state index contributed by atoms with van der Waals surface area (Å²) in [4.78, 5) is 26.7. The minimum Gasteiger partial charge on any atom is -0.335 e. The van der Waals surface area contributed by atoms with Crippen LogP contribution in [-0.4, -0.2) is 37.4 Å². The van der Waals surface area contributed by atoms with Crippen molar-refractivity contribution in [3.63, 3.8) is 0 Å². The summed E-state index contributed by atoms with van der Waals surface area (Å²) in [5, 5.41) is 0. The largest absolute Gasteiger partial charge is 0.335 e. The fourth-order valence-corrected chi connectivity index (χ4v) is 4.96. The molecule has 7 heteroatoms. The topological polar surface area (TPSA) is 74.8 Å². The van der Waals surface area contributed by atoms with Gasteiger partial charge in [0.1, 0.15) is 0 Å². The zero-order valence-electron chi connectivity index (χ0n) is 15.3. The number of anilines is 1. The lowest BCUT2D eigenvalue weighted by Crippen LogP contribution is -2.31. The summed E-state index contributed by atoms with van der Waals surface area (Å²) in [6.07, 6.45) is 0. The van der Waals surface area contributed by atoms with E-state index in [1.54, 1.807) is 24.0 Å². The highest BCUT2D eigenvalue weighted by atomic mass is 32.2. The number of amides is 2. The van der Waals surface area contributed by atoms with Crippen LogP contribution in [0.4, 0.5) is 5.69 Å². The summed E-state index contributed by atoms with van der Waals surface area (Å²) in [5.74, 6) is -1.32. The third-order valence-corrected chi connectivity index (χ3v) is 6.46. The first-order valence-corrected chi connectivity index (χ1v) is 10.4. The lowest BCUT2D eigenvalue weighted by molar-refractivity contribution is -0.119. The molecule has 0 N–H and O–H groups in total. The average molecular weight is 386 g/mol. The fraction of sp³-hybridized carbons (Fsp3) is 0.300. The molecule has 0 unspecified atom stereocenters. The van der Waals surface area contributed by atoms with Crippen molar-refractivity contribution < 1.29 is 18.0 Å². The number of carbonyl (C=O) groups excluding carboxylic acids is 2. The highest BCUT2D eigenvalue weighted by molar-refractivity contribution is 7.94. The van der Waals surface area contributed by atoms with Gasteiger partial charge in [-0.1, -0.05) is 37.3 Å². The third-order valence-electron chi connectivity index (χ3n) is 4.59. The summed E-state index contributed by atoms with van der Waals surface area (Å²) in [5.41, 5.74) is 1.76. The summed E-state index contributed by atoms with van der Waals surface area (Å²) >= 11 is 0. The van der Waals surface area contributed by atoms with Crippen LogP contribution in [0.25, 0.3) is 0 Å². The molecule has 0 spiro atoms. The molecule has 1 aliphatic rings. The quantitative estimate of drug-likeness (QED) is 0.792. The number of sulfonamides is 1. The van der Waals surface area contributed by atoms with Gasteiger partial charge in [-0.3, -0.25) is 9.59 Å². The smallest absolute Gasteiger partial charge is 0.254 e. The van der Waals surface area contributed by atoms with Crippen LogP contribution in [0, 0.1) is 5.92 Å². The van der Waals surface area contributed by atoms with Gasteiger partial charge in [0, 0.05) is 18.7 Å². The number of hydrogen-bond donors (Lipinski definition) is 0. The molecule has 0 aromatic heterocycles. The van der Waals surface area contributed by atoms with Gasteiger partial charge >= 0.3 is 0 Å². The van der Waals surface area contributed by atoms with Gasteiger partial charge in [0.05, 0.1) is 17.4 Å². The fourth-order valence-electron chi connectivity index (χ4n) is 3.14. The van der Waals surface area contributed by atoms with Gasteiger partial charge in [0.15, 0.2) is 0 Å².